The van der Waals surface area contributed by atoms with Crippen molar-refractivity contribution in [2.24, 2.45) is 28.3 Å². The number of hydrogen-bond acceptors (Lipinski definition) is 12. The Hall–Kier alpha value is -12.5. The van der Waals surface area contributed by atoms with Crippen LogP contribution < -0.4 is 54.0 Å². The lowest BCUT2D eigenvalue weighted by Gasteiger charge is -2.34. The van der Waals surface area contributed by atoms with Gasteiger partial charge in [0.1, 0.15) is 0 Å². The molecule has 5 aliphatic rings. The summed E-state index contributed by atoms with van der Waals surface area (Å²) in [7, 11) is 0. The molecule has 5 heterocycles. The third kappa shape index (κ3) is 26.1. The van der Waals surface area contributed by atoms with Gasteiger partial charge in [0.05, 0.1) is 18.1 Å². The molecule has 658 valence electrons. The van der Waals surface area contributed by atoms with Gasteiger partial charge in [-0.3, -0.25) is 33.8 Å². The van der Waals surface area contributed by atoms with Crippen LogP contribution in [0.25, 0.3) is 27.6 Å². The second-order valence-corrected chi connectivity index (χ2v) is 34.1. The predicted octanol–water partition coefficient (Wildman–Crippen LogP) is 13.9. The van der Waals surface area contributed by atoms with Crippen LogP contribution in [0.15, 0.2) is 308 Å². The zero-order valence-electron chi connectivity index (χ0n) is 72.5. The molecule has 0 aromatic heterocycles. The summed E-state index contributed by atoms with van der Waals surface area (Å²) in [5.74, 6) is -0.501. The first kappa shape index (κ1) is 90.7. The third-order valence-electron chi connectivity index (χ3n) is 25.4. The third-order valence-corrected chi connectivity index (χ3v) is 25.4. The smallest absolute Gasteiger partial charge is 0.280 e. The van der Waals surface area contributed by atoms with Crippen LogP contribution in [0.3, 0.4) is 0 Å². The lowest BCUT2D eigenvalue weighted by atomic mass is 9.88. The molecule has 0 aliphatic carbocycles. The summed E-state index contributed by atoms with van der Waals surface area (Å²) < 4.78 is 14.6. The summed E-state index contributed by atoms with van der Waals surface area (Å²) in [6.07, 6.45) is 9.42. The average molecular weight is 1710 g/mol. The van der Waals surface area contributed by atoms with Crippen LogP contribution in [0.2, 0.25) is 0 Å². The molecule has 6 amide bonds. The van der Waals surface area contributed by atoms with Crippen molar-refractivity contribution in [3.05, 3.63) is 353 Å². The molecule has 127 heavy (non-hydrogen) atoms. The van der Waals surface area contributed by atoms with E-state index < -0.39 is 17.8 Å². The number of nitrogens with one attached hydrogen (secondary N) is 8. The minimum absolute atomic E-state index is 0.00730. The van der Waals surface area contributed by atoms with Gasteiger partial charge in [0.15, 0.2) is 11.8 Å². The lowest BCUT2D eigenvalue weighted by molar-refractivity contribution is -0.135. The molecular weight excluding hydrogens is 1580 g/mol. The van der Waals surface area contributed by atoms with Crippen LogP contribution in [-0.4, -0.2) is 184 Å². The van der Waals surface area contributed by atoms with E-state index in [1.54, 1.807) is 24.3 Å². The van der Waals surface area contributed by atoms with Crippen LogP contribution in [0.4, 0.5) is 4.39 Å². The molecule has 5 aliphatic heterocycles. The van der Waals surface area contributed by atoms with E-state index in [9.17, 15) is 33.2 Å². The number of hydrogen-bond donors (Lipinski definition) is 10. The molecule has 20 nitrogen and oxygen atoms in total. The molecule has 16 rings (SSSR count). The first-order valence-electron chi connectivity index (χ1n) is 45.4. The highest BCUT2D eigenvalue weighted by Gasteiger charge is 2.40. The Morgan fingerprint density at radius 2 is 0.764 bits per heavy atom. The fourth-order valence-electron chi connectivity index (χ4n) is 18.4. The number of rotatable bonds is 29. The van der Waals surface area contributed by atoms with Crippen molar-refractivity contribution >= 4 is 69.0 Å². The minimum atomic E-state index is -0.866. The average Bonchev–Trinajstić information content (AvgIpc) is 1.77. The predicted molar refractivity (Wildman–Crippen MR) is 507 cm³/mol. The van der Waals surface area contributed by atoms with Crippen LogP contribution in [0, 0.1) is 11.8 Å². The molecule has 5 saturated heterocycles. The molecule has 5 fully saturated rings. The number of aliphatic imine (C=N–C) groups is 1. The highest BCUT2D eigenvalue weighted by molar-refractivity contribution is 6.00. The summed E-state index contributed by atoms with van der Waals surface area (Å²) in [6, 6.07) is 97.8. The summed E-state index contributed by atoms with van der Waals surface area (Å²) in [4.78, 5) is 91.3. The molecule has 4 unspecified atom stereocenters. The molecular formula is C106H121FN14O6. The molecule has 11 aromatic rings. The van der Waals surface area contributed by atoms with Gasteiger partial charge in [-0.05, 0) is 193 Å². The van der Waals surface area contributed by atoms with E-state index in [2.05, 4.69) is 191 Å². The standard InChI is InChI=1S/C37H42N4O2.C36H40N4O2.C33H39FN6O2/c42-36(32-16-15-28-9-7-8-14-31(28)24-32)39-25-33-19-22-41(37(43)35(40-33)23-27-17-20-38-21-18-27)26-34(29-10-3-1-4-11-29)30-12-5-2-6-13-30;41-35(31-16-15-26-9-7-8-14-30(26)23-31)38-24-32-19-22-40(36(42)34(39-32)29-17-20-37-21-18-29)25-33(27-10-3-1-4-11-27)28-12-5-2-6-13-28;34-29(21-24-11-4-1-5-12-24)31(41)38-22-27-18-20-40(32(42)30(39-27)17-10-19-37-33(35)36)23-28(25-13-6-2-7-14-25)26-15-8-3-9-16-26/h1-16,24,27,33-35,38,40H,17-23,25-26H2,(H,39,42);1-16,23,29,32-34,37,39H,17-22,24-25H2,(H,38,41);1-9,11-16,21,27-28,30,39H,10,17-20,22-23H2,(H,38,41)(H4,35,36,37)/b;;29-21-/t;;27-,30-/m..0/s1. The van der Waals surface area contributed by atoms with E-state index in [4.69, 9.17) is 11.5 Å². The zero-order chi connectivity index (χ0) is 87.9. The van der Waals surface area contributed by atoms with Gasteiger partial charge in [0.2, 0.25) is 17.7 Å². The van der Waals surface area contributed by atoms with Crippen molar-refractivity contribution in [1.82, 2.24) is 57.2 Å². The van der Waals surface area contributed by atoms with Crippen molar-refractivity contribution in [1.29, 1.82) is 0 Å². The van der Waals surface area contributed by atoms with E-state index in [0.717, 1.165) is 104 Å². The number of nitrogens with zero attached hydrogens (tertiary/aromatic N) is 4. The number of carbonyl (C=O) groups excluding carboxylic acids is 6. The van der Waals surface area contributed by atoms with Gasteiger partial charge < -0.3 is 68.7 Å². The molecule has 0 radical (unpaired) electrons. The monoisotopic (exact) mass is 1700 g/mol. The Balaban J connectivity index is 0.000000154. The van der Waals surface area contributed by atoms with E-state index in [1.165, 1.54) is 28.3 Å². The highest BCUT2D eigenvalue weighted by Crippen LogP contribution is 2.33. The second kappa shape index (κ2) is 46.6. The largest absolute Gasteiger partial charge is 0.370 e. The first-order valence-corrected chi connectivity index (χ1v) is 45.4. The quantitative estimate of drug-likeness (QED) is 0.00905. The van der Waals surface area contributed by atoms with E-state index in [0.29, 0.717) is 101 Å². The maximum atomic E-state index is 14.6. The SMILES string of the molecule is NC(N)=NCCC[C@@H]1N[C@H](CNC(=O)/C(F)=C/c2ccccc2)CCN(CC(c2ccccc2)c2ccccc2)C1=O.O=C(NCC1CCN(CC(c2ccccc2)c2ccccc2)C(=O)C(C2CCNCC2)N1)c1ccc2ccccc2c1.O=C(NCC1CCN(CC(c2ccccc2)c2ccccc2)C(=O)C(CC2CCNCC2)N1)c1ccc2ccccc2c1. The Labute approximate surface area is 746 Å². The number of carbonyl (C=O) groups is 6. The first-order chi connectivity index (χ1) is 62.2. The van der Waals surface area contributed by atoms with Gasteiger partial charge in [-0.15, -0.1) is 0 Å². The van der Waals surface area contributed by atoms with Gasteiger partial charge in [-0.2, -0.15) is 0 Å². The van der Waals surface area contributed by atoms with Crippen molar-refractivity contribution in [3.8, 4) is 0 Å². The van der Waals surface area contributed by atoms with Crippen molar-refractivity contribution in [2.75, 3.05) is 91.6 Å². The topological polar surface area (TPSA) is 273 Å². The van der Waals surface area contributed by atoms with Gasteiger partial charge in [-0.1, -0.05) is 273 Å². The zero-order valence-corrected chi connectivity index (χ0v) is 72.5. The summed E-state index contributed by atoms with van der Waals surface area (Å²) >= 11 is 0. The minimum Gasteiger partial charge on any atom is -0.370 e. The van der Waals surface area contributed by atoms with Crippen LogP contribution in [-0.2, 0) is 19.2 Å². The van der Waals surface area contributed by atoms with E-state index in [1.807, 2.05) is 144 Å². The Morgan fingerprint density at radius 1 is 0.409 bits per heavy atom. The maximum absolute atomic E-state index is 14.6. The number of nitrogens with two attached hydrogens (primary N) is 2. The number of amides is 6. The van der Waals surface area contributed by atoms with E-state index >= 15 is 0 Å². The van der Waals surface area contributed by atoms with Crippen LogP contribution in [0.5, 0.6) is 0 Å². The molecule has 0 spiro atoms. The molecule has 6 atom stereocenters. The van der Waals surface area contributed by atoms with Crippen molar-refractivity contribution in [2.45, 2.75) is 118 Å². The van der Waals surface area contributed by atoms with Crippen LogP contribution >= 0.6 is 0 Å². The fourth-order valence-corrected chi connectivity index (χ4v) is 18.4. The number of halogens is 1. The van der Waals surface area contributed by atoms with E-state index in [-0.39, 0.29) is 95.9 Å². The van der Waals surface area contributed by atoms with Gasteiger partial charge in [0.25, 0.3) is 17.7 Å². The Morgan fingerprint density at radius 3 is 1.18 bits per heavy atom. The summed E-state index contributed by atoms with van der Waals surface area (Å²) in [6.45, 7) is 8.98. The molecule has 11 aromatic carbocycles. The highest BCUT2D eigenvalue weighted by atomic mass is 19.1. The van der Waals surface area contributed by atoms with Gasteiger partial charge in [-0.25, -0.2) is 4.39 Å². The summed E-state index contributed by atoms with van der Waals surface area (Å²) in [5, 5.41) is 31.1. The Bertz CT molecular complexity index is 5280. The number of fused-ring (bicyclic) bond motifs is 2. The lowest BCUT2D eigenvalue weighted by Crippen LogP contribution is -2.54. The normalized spacial score (nSPS) is 19.1. The summed E-state index contributed by atoms with van der Waals surface area (Å²) in [5.41, 5.74) is 20.0. The molecule has 12 N–H and O–H groups in total. The molecule has 0 saturated carbocycles. The number of benzene rings is 11. The number of piperidine rings is 2. The molecule has 21 heteroatoms. The van der Waals surface area contributed by atoms with Crippen molar-refractivity contribution < 1.29 is 33.2 Å². The Kier molecular flexibility index (Phi) is 33.3. The van der Waals surface area contributed by atoms with Gasteiger partial charge >= 0.3 is 0 Å². The van der Waals surface area contributed by atoms with Crippen molar-refractivity contribution in [3.63, 3.8) is 0 Å². The second-order valence-electron chi connectivity index (χ2n) is 34.1. The van der Waals surface area contributed by atoms with Crippen LogP contribution in [0.1, 0.15) is 142 Å². The fraction of sp³-hybridized carbons (Fsp3) is 0.330. The molecule has 0 bridgehead atoms. The number of guanidine groups is 1. The maximum Gasteiger partial charge on any atom is 0.280 e. The van der Waals surface area contributed by atoms with Gasteiger partial charge in [0, 0.05) is 112 Å².